The highest BCUT2D eigenvalue weighted by atomic mass is 32.1. The van der Waals surface area contributed by atoms with Gasteiger partial charge in [-0.15, -0.1) is 11.3 Å². The molecular formula is C15H15NOS. The Kier molecular flexibility index (Phi) is 3.17. The molecule has 2 aromatic heterocycles. The van der Waals surface area contributed by atoms with Gasteiger partial charge in [0.2, 0.25) is 0 Å². The van der Waals surface area contributed by atoms with Crippen LogP contribution in [-0.2, 0) is 6.54 Å². The number of benzene rings is 1. The van der Waals surface area contributed by atoms with Crippen molar-refractivity contribution in [2.45, 2.75) is 13.5 Å². The molecule has 0 radical (unpaired) electrons. The lowest BCUT2D eigenvalue weighted by Crippen LogP contribution is -2.10. The number of hydrogen-bond donors (Lipinski definition) is 1. The molecule has 0 aliphatic heterocycles. The predicted molar refractivity (Wildman–Crippen MR) is 76.9 cm³/mol. The van der Waals surface area contributed by atoms with Gasteiger partial charge in [-0.05, 0) is 53.7 Å². The molecule has 1 N–H and O–H groups in total. The second-order valence-corrected chi connectivity index (χ2v) is 5.17. The van der Waals surface area contributed by atoms with Crippen molar-refractivity contribution in [1.29, 1.82) is 0 Å². The fourth-order valence-corrected chi connectivity index (χ4v) is 2.77. The lowest BCUT2D eigenvalue weighted by molar-refractivity contribution is 0.498. The summed E-state index contributed by atoms with van der Waals surface area (Å²) in [5, 5.41) is 6.66. The standard InChI is InChI=1S/C15H15NOS/c1-2-16-10-13-4-5-14(17-13)11-3-6-15-12(9-11)7-8-18-15/h3-9,16H,2,10H2,1H3. The van der Waals surface area contributed by atoms with Crippen molar-refractivity contribution in [3.05, 3.63) is 47.5 Å². The summed E-state index contributed by atoms with van der Waals surface area (Å²) < 4.78 is 7.16. The molecule has 2 nitrogen and oxygen atoms in total. The van der Waals surface area contributed by atoms with Gasteiger partial charge < -0.3 is 9.73 Å². The summed E-state index contributed by atoms with van der Waals surface area (Å²) in [4.78, 5) is 0. The third kappa shape index (κ3) is 2.19. The summed E-state index contributed by atoms with van der Waals surface area (Å²) in [6.07, 6.45) is 0. The molecule has 92 valence electrons. The molecule has 3 heteroatoms. The molecule has 0 saturated carbocycles. The van der Waals surface area contributed by atoms with Crippen molar-refractivity contribution < 1.29 is 4.42 Å². The van der Waals surface area contributed by atoms with Gasteiger partial charge in [-0.25, -0.2) is 0 Å². The van der Waals surface area contributed by atoms with Gasteiger partial charge in [-0.2, -0.15) is 0 Å². The van der Waals surface area contributed by atoms with Gasteiger partial charge in [0.25, 0.3) is 0 Å². The van der Waals surface area contributed by atoms with E-state index < -0.39 is 0 Å². The molecule has 1 aromatic carbocycles. The third-order valence-electron chi connectivity index (χ3n) is 2.95. The van der Waals surface area contributed by atoms with Crippen LogP contribution in [0.25, 0.3) is 21.4 Å². The zero-order chi connectivity index (χ0) is 12.4. The summed E-state index contributed by atoms with van der Waals surface area (Å²) in [7, 11) is 0. The molecule has 0 unspecified atom stereocenters. The molecule has 0 amide bonds. The first-order valence-electron chi connectivity index (χ1n) is 6.14. The van der Waals surface area contributed by atoms with Gasteiger partial charge in [0, 0.05) is 10.3 Å². The van der Waals surface area contributed by atoms with Crippen LogP contribution in [0.1, 0.15) is 12.7 Å². The fourth-order valence-electron chi connectivity index (χ4n) is 2.00. The van der Waals surface area contributed by atoms with Crippen molar-refractivity contribution in [1.82, 2.24) is 5.32 Å². The number of rotatable bonds is 4. The number of furan rings is 1. The van der Waals surface area contributed by atoms with Crippen LogP contribution in [0.5, 0.6) is 0 Å². The van der Waals surface area contributed by atoms with Gasteiger partial charge in [0.15, 0.2) is 0 Å². The first kappa shape index (κ1) is 11.5. The minimum atomic E-state index is 0.789. The highest BCUT2D eigenvalue weighted by Crippen LogP contribution is 2.28. The molecule has 0 aliphatic carbocycles. The molecule has 0 fully saturated rings. The van der Waals surface area contributed by atoms with E-state index in [0.717, 1.165) is 30.2 Å². The van der Waals surface area contributed by atoms with Gasteiger partial charge in [0.05, 0.1) is 6.54 Å². The second kappa shape index (κ2) is 4.96. The van der Waals surface area contributed by atoms with Crippen LogP contribution in [0.15, 0.2) is 46.2 Å². The van der Waals surface area contributed by atoms with E-state index in [0.29, 0.717) is 0 Å². The molecule has 0 spiro atoms. The topological polar surface area (TPSA) is 25.2 Å². The van der Waals surface area contributed by atoms with Crippen LogP contribution in [0, 0.1) is 0 Å². The van der Waals surface area contributed by atoms with Crippen LogP contribution in [0.3, 0.4) is 0 Å². The molecule has 0 bridgehead atoms. The zero-order valence-electron chi connectivity index (χ0n) is 10.3. The average molecular weight is 257 g/mol. The van der Waals surface area contributed by atoms with Crippen LogP contribution in [-0.4, -0.2) is 6.54 Å². The van der Waals surface area contributed by atoms with Gasteiger partial charge in [0.1, 0.15) is 11.5 Å². The smallest absolute Gasteiger partial charge is 0.134 e. The largest absolute Gasteiger partial charge is 0.460 e. The molecule has 0 aliphatic rings. The van der Waals surface area contributed by atoms with Gasteiger partial charge >= 0.3 is 0 Å². The van der Waals surface area contributed by atoms with Crippen molar-refractivity contribution in [2.75, 3.05) is 6.54 Å². The molecule has 0 saturated heterocycles. The monoisotopic (exact) mass is 257 g/mol. The Morgan fingerprint density at radius 1 is 1.17 bits per heavy atom. The average Bonchev–Trinajstić information content (AvgIpc) is 3.04. The van der Waals surface area contributed by atoms with Crippen LogP contribution >= 0.6 is 11.3 Å². The fraction of sp³-hybridized carbons (Fsp3) is 0.200. The van der Waals surface area contributed by atoms with E-state index in [1.165, 1.54) is 10.1 Å². The summed E-state index contributed by atoms with van der Waals surface area (Å²) in [5.74, 6) is 1.92. The van der Waals surface area contributed by atoms with Crippen molar-refractivity contribution >= 4 is 21.4 Å². The molecule has 0 atom stereocenters. The minimum Gasteiger partial charge on any atom is -0.460 e. The normalized spacial score (nSPS) is 11.2. The highest BCUT2D eigenvalue weighted by molar-refractivity contribution is 7.17. The summed E-state index contributed by atoms with van der Waals surface area (Å²) in [6.45, 7) is 3.84. The number of hydrogen-bond acceptors (Lipinski definition) is 3. The Hall–Kier alpha value is -1.58. The Morgan fingerprint density at radius 3 is 3.00 bits per heavy atom. The van der Waals surface area contributed by atoms with Crippen LogP contribution in [0.2, 0.25) is 0 Å². The molecule has 2 heterocycles. The quantitative estimate of drug-likeness (QED) is 0.755. The van der Waals surface area contributed by atoms with Crippen molar-refractivity contribution in [3.63, 3.8) is 0 Å². The van der Waals surface area contributed by atoms with E-state index in [-0.39, 0.29) is 0 Å². The maximum absolute atomic E-state index is 5.84. The Bertz CT molecular complexity index is 653. The van der Waals surface area contributed by atoms with Crippen LogP contribution in [0.4, 0.5) is 0 Å². The minimum absolute atomic E-state index is 0.789. The van der Waals surface area contributed by atoms with E-state index >= 15 is 0 Å². The summed E-state index contributed by atoms with van der Waals surface area (Å²) >= 11 is 1.77. The molecule has 3 rings (SSSR count). The van der Waals surface area contributed by atoms with Crippen molar-refractivity contribution in [3.8, 4) is 11.3 Å². The summed E-state index contributed by atoms with van der Waals surface area (Å²) in [5.41, 5.74) is 1.14. The maximum Gasteiger partial charge on any atom is 0.134 e. The Morgan fingerprint density at radius 2 is 2.11 bits per heavy atom. The van der Waals surface area contributed by atoms with E-state index in [4.69, 9.17) is 4.42 Å². The second-order valence-electron chi connectivity index (χ2n) is 4.22. The van der Waals surface area contributed by atoms with Gasteiger partial charge in [-0.1, -0.05) is 6.92 Å². The van der Waals surface area contributed by atoms with E-state index in [2.05, 4.69) is 41.9 Å². The lowest BCUT2D eigenvalue weighted by atomic mass is 10.1. The zero-order valence-corrected chi connectivity index (χ0v) is 11.1. The SMILES string of the molecule is CCNCc1ccc(-c2ccc3sccc3c2)o1. The summed E-state index contributed by atoms with van der Waals surface area (Å²) in [6, 6.07) is 12.7. The Balaban J connectivity index is 1.90. The van der Waals surface area contributed by atoms with Gasteiger partial charge in [-0.3, -0.25) is 0 Å². The third-order valence-corrected chi connectivity index (χ3v) is 3.85. The lowest BCUT2D eigenvalue weighted by Gasteiger charge is -1.99. The number of fused-ring (bicyclic) bond motifs is 1. The van der Waals surface area contributed by atoms with E-state index in [1.807, 2.05) is 12.1 Å². The highest BCUT2D eigenvalue weighted by Gasteiger charge is 2.05. The van der Waals surface area contributed by atoms with E-state index in [1.54, 1.807) is 11.3 Å². The number of nitrogens with one attached hydrogen (secondary N) is 1. The molecular weight excluding hydrogens is 242 g/mol. The maximum atomic E-state index is 5.84. The first-order chi connectivity index (χ1) is 8.86. The Labute approximate surface area is 110 Å². The van der Waals surface area contributed by atoms with E-state index in [9.17, 15) is 0 Å². The predicted octanol–water partition coefficient (Wildman–Crippen LogP) is 4.27. The molecule has 18 heavy (non-hydrogen) atoms. The number of thiophene rings is 1. The van der Waals surface area contributed by atoms with Crippen molar-refractivity contribution in [2.24, 2.45) is 0 Å². The first-order valence-corrected chi connectivity index (χ1v) is 7.02. The van der Waals surface area contributed by atoms with Crippen LogP contribution < -0.4 is 5.32 Å². The molecule has 3 aromatic rings.